The van der Waals surface area contributed by atoms with Gasteiger partial charge in [-0.2, -0.15) is 0 Å². The van der Waals surface area contributed by atoms with E-state index in [-0.39, 0.29) is 0 Å². The number of likely N-dealkylation sites (tertiary alicyclic amines) is 3. The highest BCUT2D eigenvalue weighted by molar-refractivity contribution is 5.04. The van der Waals surface area contributed by atoms with Gasteiger partial charge >= 0.3 is 0 Å². The summed E-state index contributed by atoms with van der Waals surface area (Å²) in [5.74, 6) is 2.96. The molecule has 0 amide bonds. The van der Waals surface area contributed by atoms with Crippen molar-refractivity contribution in [3.05, 3.63) is 11.6 Å². The van der Waals surface area contributed by atoms with Gasteiger partial charge in [0.2, 0.25) is 0 Å². The maximum absolute atomic E-state index is 4.61. The van der Waals surface area contributed by atoms with Crippen molar-refractivity contribution < 1.29 is 0 Å². The smallest absolute Gasteiger partial charge is 0.146 e. The minimum atomic E-state index is 0.588. The van der Waals surface area contributed by atoms with Gasteiger partial charge in [0, 0.05) is 19.0 Å². The summed E-state index contributed by atoms with van der Waals surface area (Å²) in [7, 11) is 4.43. The lowest BCUT2D eigenvalue weighted by atomic mass is 9.93. The lowest BCUT2D eigenvalue weighted by Crippen LogP contribution is -2.46. The van der Waals surface area contributed by atoms with E-state index >= 15 is 0 Å². The third-order valence-electron chi connectivity index (χ3n) is 6.91. The normalized spacial score (nSPS) is 25.8. The molecule has 6 nitrogen and oxygen atoms in total. The van der Waals surface area contributed by atoms with Crippen molar-refractivity contribution in [2.24, 2.45) is 7.05 Å². The second kappa shape index (κ2) is 8.36. The van der Waals surface area contributed by atoms with Gasteiger partial charge in [-0.25, -0.2) is 0 Å². The third-order valence-corrected chi connectivity index (χ3v) is 6.91. The minimum Gasteiger partial charge on any atom is -0.317 e. The summed E-state index contributed by atoms with van der Waals surface area (Å²) in [6.07, 6.45) is 9.21. The van der Waals surface area contributed by atoms with Crippen molar-refractivity contribution in [3.63, 3.8) is 0 Å². The Morgan fingerprint density at radius 2 is 1.50 bits per heavy atom. The van der Waals surface area contributed by atoms with Crippen LogP contribution in [0.2, 0.25) is 0 Å². The van der Waals surface area contributed by atoms with Crippen LogP contribution in [0.3, 0.4) is 0 Å². The SMILES string of the molecule is CN1CCC(N2CCC(c3nnc(CN4CCCCC4)n3C)CC2)CC1. The molecule has 6 heteroatoms. The maximum atomic E-state index is 4.61. The predicted molar refractivity (Wildman–Crippen MR) is 104 cm³/mol. The summed E-state index contributed by atoms with van der Waals surface area (Å²) in [5, 5.41) is 9.17. The van der Waals surface area contributed by atoms with Gasteiger partial charge in [0.1, 0.15) is 11.6 Å². The molecule has 146 valence electrons. The Morgan fingerprint density at radius 1 is 0.808 bits per heavy atom. The van der Waals surface area contributed by atoms with E-state index in [9.17, 15) is 0 Å². The molecule has 0 saturated carbocycles. The molecule has 26 heavy (non-hydrogen) atoms. The van der Waals surface area contributed by atoms with Crippen molar-refractivity contribution >= 4 is 0 Å². The zero-order valence-electron chi connectivity index (χ0n) is 16.7. The van der Waals surface area contributed by atoms with Crippen LogP contribution < -0.4 is 0 Å². The van der Waals surface area contributed by atoms with E-state index < -0.39 is 0 Å². The largest absolute Gasteiger partial charge is 0.317 e. The zero-order chi connectivity index (χ0) is 17.9. The van der Waals surface area contributed by atoms with Crippen LogP contribution in [0.5, 0.6) is 0 Å². The monoisotopic (exact) mass is 360 g/mol. The first-order valence-electron chi connectivity index (χ1n) is 10.7. The van der Waals surface area contributed by atoms with Crippen molar-refractivity contribution in [2.75, 3.05) is 46.3 Å². The summed E-state index contributed by atoms with van der Waals surface area (Å²) in [5.41, 5.74) is 0. The predicted octanol–water partition coefficient (Wildman–Crippen LogP) is 2.07. The molecule has 1 aromatic heterocycles. The fourth-order valence-electron chi connectivity index (χ4n) is 5.07. The number of nitrogens with zero attached hydrogens (tertiary/aromatic N) is 6. The molecule has 0 N–H and O–H groups in total. The molecule has 0 bridgehead atoms. The highest BCUT2D eigenvalue weighted by Crippen LogP contribution is 2.29. The minimum absolute atomic E-state index is 0.588. The standard InChI is InChI=1S/C20H36N6/c1-23-12-8-18(9-13-23)26-14-6-17(7-15-26)20-22-21-19(24(20)2)16-25-10-4-3-5-11-25/h17-18H,3-16H2,1-2H3. The number of hydrogen-bond donors (Lipinski definition) is 0. The van der Waals surface area contributed by atoms with Crippen LogP contribution in [0.25, 0.3) is 0 Å². The highest BCUT2D eigenvalue weighted by Gasteiger charge is 2.30. The number of aromatic nitrogens is 3. The van der Waals surface area contributed by atoms with E-state index in [1.165, 1.54) is 90.0 Å². The Morgan fingerprint density at radius 3 is 2.19 bits per heavy atom. The summed E-state index contributed by atoms with van der Waals surface area (Å²) in [4.78, 5) is 7.75. The van der Waals surface area contributed by atoms with Crippen molar-refractivity contribution in [2.45, 2.75) is 63.5 Å². The zero-order valence-corrected chi connectivity index (χ0v) is 16.7. The molecule has 0 aliphatic carbocycles. The maximum Gasteiger partial charge on any atom is 0.146 e. The van der Waals surface area contributed by atoms with Crippen molar-refractivity contribution in [1.82, 2.24) is 29.5 Å². The molecule has 4 heterocycles. The van der Waals surface area contributed by atoms with E-state index in [1.54, 1.807) is 0 Å². The molecule has 3 saturated heterocycles. The van der Waals surface area contributed by atoms with Gasteiger partial charge in [0.25, 0.3) is 0 Å². The highest BCUT2D eigenvalue weighted by atomic mass is 15.3. The Bertz CT molecular complexity index is 563. The molecule has 0 aromatic carbocycles. The molecule has 0 radical (unpaired) electrons. The molecule has 0 atom stereocenters. The van der Waals surface area contributed by atoms with Gasteiger partial charge in [-0.1, -0.05) is 6.42 Å². The van der Waals surface area contributed by atoms with Gasteiger partial charge in [0.05, 0.1) is 6.54 Å². The topological polar surface area (TPSA) is 40.4 Å². The fourth-order valence-corrected chi connectivity index (χ4v) is 5.07. The first-order valence-corrected chi connectivity index (χ1v) is 10.7. The van der Waals surface area contributed by atoms with Crippen LogP contribution >= 0.6 is 0 Å². The molecular weight excluding hydrogens is 324 g/mol. The Balaban J connectivity index is 1.31. The van der Waals surface area contributed by atoms with Crippen LogP contribution in [0.4, 0.5) is 0 Å². The summed E-state index contributed by atoms with van der Waals surface area (Å²) in [6, 6.07) is 0.807. The van der Waals surface area contributed by atoms with E-state index in [0.29, 0.717) is 5.92 Å². The fraction of sp³-hybridized carbons (Fsp3) is 0.900. The van der Waals surface area contributed by atoms with Crippen LogP contribution in [-0.2, 0) is 13.6 Å². The van der Waals surface area contributed by atoms with Gasteiger partial charge in [-0.15, -0.1) is 10.2 Å². The number of rotatable bonds is 4. The molecule has 3 fully saturated rings. The van der Waals surface area contributed by atoms with Crippen molar-refractivity contribution in [3.8, 4) is 0 Å². The molecule has 0 unspecified atom stereocenters. The molecule has 1 aromatic rings. The molecule has 4 rings (SSSR count). The second-order valence-corrected chi connectivity index (χ2v) is 8.71. The Labute approximate surface area is 158 Å². The number of piperidine rings is 3. The summed E-state index contributed by atoms with van der Waals surface area (Å²) < 4.78 is 2.30. The molecule has 3 aliphatic heterocycles. The summed E-state index contributed by atoms with van der Waals surface area (Å²) >= 11 is 0. The van der Waals surface area contributed by atoms with Gasteiger partial charge < -0.3 is 14.4 Å². The summed E-state index contributed by atoms with van der Waals surface area (Å²) in [6.45, 7) is 8.38. The average Bonchev–Trinajstić information content (AvgIpc) is 3.04. The Hall–Kier alpha value is -0.980. The van der Waals surface area contributed by atoms with E-state index in [2.05, 4.69) is 43.6 Å². The molecule has 3 aliphatic rings. The first kappa shape index (κ1) is 18.4. The third kappa shape index (κ3) is 4.12. The molecule has 0 spiro atoms. The van der Waals surface area contributed by atoms with Crippen LogP contribution in [0, 0.1) is 0 Å². The molecular formula is C20H36N6. The quantitative estimate of drug-likeness (QED) is 0.822. The van der Waals surface area contributed by atoms with E-state index in [0.717, 1.165) is 18.4 Å². The van der Waals surface area contributed by atoms with Crippen LogP contribution in [0.1, 0.15) is 62.5 Å². The Kier molecular flexibility index (Phi) is 5.91. The number of hydrogen-bond acceptors (Lipinski definition) is 5. The van der Waals surface area contributed by atoms with Crippen LogP contribution in [-0.4, -0.2) is 81.8 Å². The first-order chi connectivity index (χ1) is 12.7. The van der Waals surface area contributed by atoms with E-state index in [4.69, 9.17) is 0 Å². The van der Waals surface area contributed by atoms with Gasteiger partial charge in [-0.3, -0.25) is 4.90 Å². The van der Waals surface area contributed by atoms with Gasteiger partial charge in [-0.05, 0) is 84.8 Å². The van der Waals surface area contributed by atoms with Gasteiger partial charge in [0.15, 0.2) is 0 Å². The van der Waals surface area contributed by atoms with Crippen LogP contribution in [0.15, 0.2) is 0 Å². The van der Waals surface area contributed by atoms with E-state index in [1.807, 2.05) is 0 Å². The second-order valence-electron chi connectivity index (χ2n) is 8.71. The lowest BCUT2D eigenvalue weighted by Gasteiger charge is -2.40. The van der Waals surface area contributed by atoms with Crippen molar-refractivity contribution in [1.29, 1.82) is 0 Å². The average molecular weight is 361 g/mol. The lowest BCUT2D eigenvalue weighted by molar-refractivity contribution is 0.0952.